The average Bonchev–Trinajstić information content (AvgIpc) is 3.23. The fourth-order valence-electron chi connectivity index (χ4n) is 1.87. The van der Waals surface area contributed by atoms with Gasteiger partial charge in [0, 0.05) is 11.5 Å². The molecule has 1 atom stereocenters. The van der Waals surface area contributed by atoms with Crippen LogP contribution in [-0.2, 0) is 9.59 Å². The lowest BCUT2D eigenvalue weighted by atomic mass is 10.1. The Bertz CT molecular complexity index is 530. The zero-order chi connectivity index (χ0) is 14.7. The second-order valence-electron chi connectivity index (χ2n) is 4.95. The van der Waals surface area contributed by atoms with Crippen LogP contribution in [0.2, 0.25) is 0 Å². The van der Waals surface area contributed by atoms with Crippen molar-refractivity contribution in [2.45, 2.75) is 25.8 Å². The van der Waals surface area contributed by atoms with Crippen LogP contribution in [-0.4, -0.2) is 18.4 Å². The van der Waals surface area contributed by atoms with Gasteiger partial charge in [-0.1, -0.05) is 0 Å². The van der Waals surface area contributed by atoms with Crippen LogP contribution in [0.25, 0.3) is 0 Å². The van der Waals surface area contributed by atoms with Crippen molar-refractivity contribution < 1.29 is 18.4 Å². The molecule has 108 valence electrons. The molecule has 0 heterocycles. The first-order valence-electron chi connectivity index (χ1n) is 6.49. The molecule has 0 bridgehead atoms. The van der Waals surface area contributed by atoms with Crippen molar-refractivity contribution in [3.8, 4) is 0 Å². The van der Waals surface area contributed by atoms with Crippen molar-refractivity contribution in [3.63, 3.8) is 0 Å². The summed E-state index contributed by atoms with van der Waals surface area (Å²) < 4.78 is 26.6. The molecule has 1 aromatic rings. The van der Waals surface area contributed by atoms with Gasteiger partial charge in [0.05, 0.1) is 12.6 Å². The fourth-order valence-corrected chi connectivity index (χ4v) is 1.87. The first kappa shape index (κ1) is 14.4. The summed E-state index contributed by atoms with van der Waals surface area (Å²) in [6.07, 6.45) is 1.72. The molecule has 2 N–H and O–H groups in total. The van der Waals surface area contributed by atoms with Gasteiger partial charge in [-0.05, 0) is 38.0 Å². The lowest BCUT2D eigenvalue weighted by molar-refractivity contribution is -0.127. The van der Waals surface area contributed by atoms with Crippen LogP contribution in [0.4, 0.5) is 8.78 Å². The number of nitrogens with one attached hydrogen (secondary N) is 2. The standard InChI is InChI=1S/C14H16F2N2O2/c1-8(11-6-10(15)4-5-12(11)16)18-13(19)7-17-14(20)9-2-3-9/h4-6,8-9H,2-3,7H2,1H3,(H,17,20)(H,18,19)/t8-/m1/s1. The largest absolute Gasteiger partial charge is 0.348 e. The van der Waals surface area contributed by atoms with Crippen LogP contribution in [0, 0.1) is 17.6 Å². The quantitative estimate of drug-likeness (QED) is 0.863. The second-order valence-corrected chi connectivity index (χ2v) is 4.95. The summed E-state index contributed by atoms with van der Waals surface area (Å²) in [5.74, 6) is -1.69. The molecule has 4 nitrogen and oxygen atoms in total. The van der Waals surface area contributed by atoms with E-state index in [1.165, 1.54) is 0 Å². The van der Waals surface area contributed by atoms with Crippen LogP contribution in [0.15, 0.2) is 18.2 Å². The van der Waals surface area contributed by atoms with Gasteiger partial charge in [-0.3, -0.25) is 9.59 Å². The Kier molecular flexibility index (Phi) is 4.32. The number of hydrogen-bond acceptors (Lipinski definition) is 2. The van der Waals surface area contributed by atoms with Crippen LogP contribution in [0.3, 0.4) is 0 Å². The SMILES string of the molecule is C[C@@H](NC(=O)CNC(=O)C1CC1)c1cc(F)ccc1F. The van der Waals surface area contributed by atoms with E-state index in [2.05, 4.69) is 10.6 Å². The van der Waals surface area contributed by atoms with Gasteiger partial charge in [-0.2, -0.15) is 0 Å². The normalized spacial score (nSPS) is 15.6. The smallest absolute Gasteiger partial charge is 0.239 e. The Balaban J connectivity index is 1.86. The Morgan fingerprint density at radius 2 is 2.05 bits per heavy atom. The molecule has 0 aliphatic heterocycles. The minimum atomic E-state index is -0.670. The molecule has 1 aliphatic carbocycles. The second kappa shape index (κ2) is 5.98. The molecular formula is C14H16F2N2O2. The van der Waals surface area contributed by atoms with Gasteiger partial charge in [-0.15, -0.1) is 0 Å². The van der Waals surface area contributed by atoms with E-state index in [9.17, 15) is 18.4 Å². The number of halogens is 2. The molecule has 20 heavy (non-hydrogen) atoms. The average molecular weight is 282 g/mol. The fraction of sp³-hybridized carbons (Fsp3) is 0.429. The Labute approximate surface area is 115 Å². The molecule has 6 heteroatoms. The highest BCUT2D eigenvalue weighted by atomic mass is 19.1. The highest BCUT2D eigenvalue weighted by Crippen LogP contribution is 2.28. The predicted octanol–water partition coefficient (Wildman–Crippen LogP) is 1.67. The zero-order valence-corrected chi connectivity index (χ0v) is 11.1. The van der Waals surface area contributed by atoms with Crippen LogP contribution < -0.4 is 10.6 Å². The maximum Gasteiger partial charge on any atom is 0.239 e. The lowest BCUT2D eigenvalue weighted by Gasteiger charge is -2.15. The van der Waals surface area contributed by atoms with E-state index in [4.69, 9.17) is 0 Å². The van der Waals surface area contributed by atoms with E-state index in [0.717, 1.165) is 31.0 Å². The number of amides is 2. The van der Waals surface area contributed by atoms with Crippen molar-refractivity contribution in [3.05, 3.63) is 35.4 Å². The van der Waals surface area contributed by atoms with Crippen molar-refractivity contribution >= 4 is 11.8 Å². The van der Waals surface area contributed by atoms with E-state index in [1.807, 2.05) is 0 Å². The number of hydrogen-bond donors (Lipinski definition) is 2. The molecule has 2 rings (SSSR count). The summed E-state index contributed by atoms with van der Waals surface area (Å²) >= 11 is 0. The van der Waals surface area contributed by atoms with Crippen molar-refractivity contribution in [1.29, 1.82) is 0 Å². The summed E-state index contributed by atoms with van der Waals surface area (Å²) in [5.41, 5.74) is 0.0758. The molecule has 1 aliphatic rings. The van der Waals surface area contributed by atoms with Crippen LogP contribution in [0.5, 0.6) is 0 Å². The maximum absolute atomic E-state index is 13.5. The molecule has 1 saturated carbocycles. The first-order chi connectivity index (χ1) is 9.47. The van der Waals surface area contributed by atoms with E-state index >= 15 is 0 Å². The number of rotatable bonds is 5. The Morgan fingerprint density at radius 1 is 1.35 bits per heavy atom. The van der Waals surface area contributed by atoms with E-state index < -0.39 is 23.6 Å². The zero-order valence-electron chi connectivity index (χ0n) is 11.1. The van der Waals surface area contributed by atoms with Gasteiger partial charge < -0.3 is 10.6 Å². The topological polar surface area (TPSA) is 58.2 Å². The van der Waals surface area contributed by atoms with Gasteiger partial charge in [0.25, 0.3) is 0 Å². The van der Waals surface area contributed by atoms with Crippen molar-refractivity contribution in [2.24, 2.45) is 5.92 Å². The number of carbonyl (C=O) groups excluding carboxylic acids is 2. The van der Waals surface area contributed by atoms with Gasteiger partial charge >= 0.3 is 0 Å². The minimum absolute atomic E-state index is 0.0286. The van der Waals surface area contributed by atoms with Gasteiger partial charge in [0.2, 0.25) is 11.8 Å². The van der Waals surface area contributed by atoms with Crippen LogP contribution in [0.1, 0.15) is 31.4 Å². The molecule has 0 spiro atoms. The molecule has 2 amide bonds. The predicted molar refractivity (Wildman–Crippen MR) is 68.6 cm³/mol. The van der Waals surface area contributed by atoms with Crippen LogP contribution >= 0.6 is 0 Å². The van der Waals surface area contributed by atoms with E-state index in [1.54, 1.807) is 6.92 Å². The monoisotopic (exact) mass is 282 g/mol. The summed E-state index contributed by atoms with van der Waals surface area (Å²) in [7, 11) is 0. The van der Waals surface area contributed by atoms with Crippen molar-refractivity contribution in [2.75, 3.05) is 6.54 Å². The lowest BCUT2D eigenvalue weighted by Crippen LogP contribution is -2.38. The third-order valence-corrected chi connectivity index (χ3v) is 3.17. The first-order valence-corrected chi connectivity index (χ1v) is 6.49. The third kappa shape index (κ3) is 3.76. The highest BCUT2D eigenvalue weighted by molar-refractivity contribution is 5.87. The summed E-state index contributed by atoms with van der Waals surface area (Å²) in [5, 5.41) is 5.03. The molecule has 0 aromatic heterocycles. The Hall–Kier alpha value is -1.98. The molecule has 0 radical (unpaired) electrons. The molecular weight excluding hydrogens is 266 g/mol. The summed E-state index contributed by atoms with van der Waals surface area (Å²) in [6, 6.07) is 2.41. The van der Waals surface area contributed by atoms with E-state index in [0.29, 0.717) is 0 Å². The number of benzene rings is 1. The summed E-state index contributed by atoms with van der Waals surface area (Å²) in [4.78, 5) is 23.0. The van der Waals surface area contributed by atoms with Crippen molar-refractivity contribution in [1.82, 2.24) is 10.6 Å². The van der Waals surface area contributed by atoms with E-state index in [-0.39, 0.29) is 23.9 Å². The van der Waals surface area contributed by atoms with Gasteiger partial charge in [-0.25, -0.2) is 8.78 Å². The Morgan fingerprint density at radius 3 is 2.70 bits per heavy atom. The van der Waals surface area contributed by atoms with Gasteiger partial charge in [0.15, 0.2) is 0 Å². The molecule has 1 aromatic carbocycles. The molecule has 0 saturated heterocycles. The maximum atomic E-state index is 13.5. The number of carbonyl (C=O) groups is 2. The minimum Gasteiger partial charge on any atom is -0.348 e. The molecule has 1 fully saturated rings. The molecule has 0 unspecified atom stereocenters. The van der Waals surface area contributed by atoms with Gasteiger partial charge in [0.1, 0.15) is 11.6 Å². The highest BCUT2D eigenvalue weighted by Gasteiger charge is 2.29. The third-order valence-electron chi connectivity index (χ3n) is 3.17. The summed E-state index contributed by atoms with van der Waals surface area (Å²) in [6.45, 7) is 1.40.